The predicted octanol–water partition coefficient (Wildman–Crippen LogP) is 3.12. The van der Waals surface area contributed by atoms with Gasteiger partial charge < -0.3 is 10.0 Å². The number of hydrogen-bond donors (Lipinski definition) is 1. The predicted molar refractivity (Wildman–Crippen MR) is 89.8 cm³/mol. The molecule has 1 amide bonds. The molecular weight excluding hydrogens is 353 g/mol. The fourth-order valence-corrected chi connectivity index (χ4v) is 3.26. The number of carboxylic acids is 1. The highest BCUT2D eigenvalue weighted by molar-refractivity contribution is 6.35. The molecule has 1 fully saturated rings. The van der Waals surface area contributed by atoms with Crippen LogP contribution in [-0.2, 0) is 4.79 Å². The smallest absolute Gasteiger partial charge is 0.308 e. The van der Waals surface area contributed by atoms with Gasteiger partial charge in [0.2, 0.25) is 0 Å². The number of carbonyl (C=O) groups excluding carboxylic acids is 1. The van der Waals surface area contributed by atoms with Gasteiger partial charge in [-0.2, -0.15) is 5.10 Å². The highest BCUT2D eigenvalue weighted by Gasteiger charge is 2.29. The van der Waals surface area contributed by atoms with E-state index in [0.717, 1.165) is 0 Å². The molecule has 1 aliphatic heterocycles. The minimum Gasteiger partial charge on any atom is -0.481 e. The van der Waals surface area contributed by atoms with Gasteiger partial charge >= 0.3 is 5.97 Å². The molecule has 3 rings (SSSR count). The van der Waals surface area contributed by atoms with Gasteiger partial charge in [0, 0.05) is 24.3 Å². The summed E-state index contributed by atoms with van der Waals surface area (Å²) in [6.07, 6.45) is 2.90. The highest BCUT2D eigenvalue weighted by Crippen LogP contribution is 2.24. The van der Waals surface area contributed by atoms with Crippen LogP contribution in [-0.4, -0.2) is 44.8 Å². The van der Waals surface area contributed by atoms with E-state index in [0.29, 0.717) is 35.1 Å². The Kier molecular flexibility index (Phi) is 4.78. The van der Waals surface area contributed by atoms with E-state index in [1.54, 1.807) is 35.4 Å². The van der Waals surface area contributed by atoms with Gasteiger partial charge in [0.25, 0.3) is 5.91 Å². The molecule has 0 aliphatic carbocycles. The topological polar surface area (TPSA) is 75.4 Å². The third-order valence-electron chi connectivity index (χ3n) is 4.02. The quantitative estimate of drug-likeness (QED) is 0.903. The van der Waals surface area contributed by atoms with Crippen molar-refractivity contribution in [1.82, 2.24) is 14.7 Å². The first-order chi connectivity index (χ1) is 11.5. The molecule has 1 aromatic carbocycles. The first-order valence-corrected chi connectivity index (χ1v) is 8.24. The molecule has 0 spiro atoms. The summed E-state index contributed by atoms with van der Waals surface area (Å²) >= 11 is 12.0. The lowest BCUT2D eigenvalue weighted by Gasteiger charge is -2.30. The number of aliphatic carboxylic acids is 1. The van der Waals surface area contributed by atoms with E-state index in [-0.39, 0.29) is 18.1 Å². The molecule has 1 atom stereocenters. The second kappa shape index (κ2) is 6.83. The lowest BCUT2D eigenvalue weighted by atomic mass is 9.98. The second-order valence-electron chi connectivity index (χ2n) is 5.67. The normalized spacial score (nSPS) is 17.8. The standard InChI is InChI=1S/C16H15Cl2N3O3/c17-11-3-4-14(12(18)8-11)21-7-5-13(19-21)15(22)20-6-1-2-10(9-20)16(23)24/h3-5,7-8,10H,1-2,6,9H2,(H,23,24). The molecule has 1 saturated heterocycles. The minimum absolute atomic E-state index is 0.211. The molecule has 1 N–H and O–H groups in total. The summed E-state index contributed by atoms with van der Waals surface area (Å²) in [7, 11) is 0. The van der Waals surface area contributed by atoms with Crippen LogP contribution >= 0.6 is 23.2 Å². The summed E-state index contributed by atoms with van der Waals surface area (Å²) in [5, 5.41) is 14.3. The number of nitrogens with zero attached hydrogens (tertiary/aromatic N) is 3. The lowest BCUT2D eigenvalue weighted by molar-refractivity contribution is -0.143. The lowest BCUT2D eigenvalue weighted by Crippen LogP contribution is -2.42. The fraction of sp³-hybridized carbons (Fsp3) is 0.312. The molecule has 24 heavy (non-hydrogen) atoms. The summed E-state index contributed by atoms with van der Waals surface area (Å²) in [4.78, 5) is 25.2. The van der Waals surface area contributed by atoms with Crippen LogP contribution in [0.3, 0.4) is 0 Å². The van der Waals surface area contributed by atoms with E-state index in [4.69, 9.17) is 28.3 Å². The van der Waals surface area contributed by atoms with Crippen molar-refractivity contribution >= 4 is 35.1 Å². The summed E-state index contributed by atoms with van der Waals surface area (Å²) < 4.78 is 1.50. The number of carboxylic acid groups (broad SMARTS) is 1. The minimum atomic E-state index is -0.869. The highest BCUT2D eigenvalue weighted by atomic mass is 35.5. The zero-order chi connectivity index (χ0) is 17.3. The number of rotatable bonds is 3. The first-order valence-electron chi connectivity index (χ1n) is 7.49. The van der Waals surface area contributed by atoms with Crippen LogP contribution in [0.25, 0.3) is 5.69 Å². The Morgan fingerprint density at radius 3 is 2.75 bits per heavy atom. The van der Waals surface area contributed by atoms with Crippen LogP contribution in [0.15, 0.2) is 30.5 Å². The Labute approximate surface area is 148 Å². The second-order valence-corrected chi connectivity index (χ2v) is 6.51. The molecule has 1 aromatic heterocycles. The van der Waals surface area contributed by atoms with Gasteiger partial charge in [-0.3, -0.25) is 9.59 Å². The first kappa shape index (κ1) is 16.8. The number of benzene rings is 1. The summed E-state index contributed by atoms with van der Waals surface area (Å²) in [5.41, 5.74) is 0.870. The number of piperidine rings is 1. The maximum atomic E-state index is 12.6. The molecule has 126 valence electrons. The molecule has 8 heteroatoms. The Morgan fingerprint density at radius 2 is 2.04 bits per heavy atom. The van der Waals surface area contributed by atoms with Gasteiger partial charge in [-0.1, -0.05) is 23.2 Å². The molecule has 2 heterocycles. The average Bonchev–Trinajstić information content (AvgIpc) is 3.04. The number of likely N-dealkylation sites (tertiary alicyclic amines) is 1. The largest absolute Gasteiger partial charge is 0.481 e. The van der Waals surface area contributed by atoms with Crippen LogP contribution in [0.1, 0.15) is 23.3 Å². The van der Waals surface area contributed by atoms with Gasteiger partial charge in [-0.15, -0.1) is 0 Å². The summed E-state index contributed by atoms with van der Waals surface area (Å²) in [6, 6.07) is 6.60. The Bertz CT molecular complexity index is 791. The van der Waals surface area contributed by atoms with E-state index in [1.807, 2.05) is 0 Å². The Morgan fingerprint density at radius 1 is 1.25 bits per heavy atom. The van der Waals surface area contributed by atoms with Gasteiger partial charge in [0.05, 0.1) is 16.6 Å². The van der Waals surface area contributed by atoms with Gasteiger partial charge in [0.15, 0.2) is 5.69 Å². The summed E-state index contributed by atoms with van der Waals surface area (Å²) in [6.45, 7) is 0.750. The van der Waals surface area contributed by atoms with Crippen LogP contribution in [0.4, 0.5) is 0 Å². The zero-order valence-corrected chi connectivity index (χ0v) is 14.2. The maximum Gasteiger partial charge on any atom is 0.308 e. The fourth-order valence-electron chi connectivity index (χ4n) is 2.76. The monoisotopic (exact) mass is 367 g/mol. The average molecular weight is 368 g/mol. The number of halogens is 2. The number of aromatic nitrogens is 2. The van der Waals surface area contributed by atoms with Crippen LogP contribution in [0.5, 0.6) is 0 Å². The van der Waals surface area contributed by atoms with E-state index in [1.165, 1.54) is 4.68 Å². The SMILES string of the molecule is O=C(O)C1CCCN(C(=O)c2ccn(-c3ccc(Cl)cc3Cl)n2)C1. The van der Waals surface area contributed by atoms with Crippen molar-refractivity contribution in [2.75, 3.05) is 13.1 Å². The molecular formula is C16H15Cl2N3O3. The van der Waals surface area contributed by atoms with Gasteiger partial charge in [-0.25, -0.2) is 4.68 Å². The van der Waals surface area contributed by atoms with E-state index < -0.39 is 11.9 Å². The molecule has 0 radical (unpaired) electrons. The number of amides is 1. The van der Waals surface area contributed by atoms with Crippen LogP contribution in [0.2, 0.25) is 10.0 Å². The molecule has 6 nitrogen and oxygen atoms in total. The number of hydrogen-bond acceptors (Lipinski definition) is 3. The van der Waals surface area contributed by atoms with Crippen molar-refractivity contribution < 1.29 is 14.7 Å². The number of carbonyl (C=O) groups is 2. The van der Waals surface area contributed by atoms with Crippen molar-refractivity contribution in [2.24, 2.45) is 5.92 Å². The molecule has 0 saturated carbocycles. The third-order valence-corrected chi connectivity index (χ3v) is 4.56. The molecule has 1 unspecified atom stereocenters. The maximum absolute atomic E-state index is 12.6. The van der Waals surface area contributed by atoms with Crippen molar-refractivity contribution in [3.05, 3.63) is 46.2 Å². The van der Waals surface area contributed by atoms with Gasteiger partial charge in [0.1, 0.15) is 0 Å². The molecule has 1 aliphatic rings. The van der Waals surface area contributed by atoms with Crippen LogP contribution < -0.4 is 0 Å². The van der Waals surface area contributed by atoms with E-state index in [2.05, 4.69) is 5.10 Å². The Hall–Kier alpha value is -2.05. The van der Waals surface area contributed by atoms with Crippen LogP contribution in [0, 0.1) is 5.92 Å². The van der Waals surface area contributed by atoms with Crippen molar-refractivity contribution in [1.29, 1.82) is 0 Å². The van der Waals surface area contributed by atoms with E-state index in [9.17, 15) is 9.59 Å². The van der Waals surface area contributed by atoms with Crippen molar-refractivity contribution in [3.63, 3.8) is 0 Å². The zero-order valence-electron chi connectivity index (χ0n) is 12.7. The molecule has 2 aromatic rings. The van der Waals surface area contributed by atoms with Gasteiger partial charge in [-0.05, 0) is 37.1 Å². The van der Waals surface area contributed by atoms with E-state index >= 15 is 0 Å². The molecule has 0 bridgehead atoms. The third kappa shape index (κ3) is 3.39. The Balaban J connectivity index is 1.80. The van der Waals surface area contributed by atoms with Crippen molar-refractivity contribution in [2.45, 2.75) is 12.8 Å². The van der Waals surface area contributed by atoms with Crippen molar-refractivity contribution in [3.8, 4) is 5.69 Å². The summed E-state index contributed by atoms with van der Waals surface area (Å²) in [5.74, 6) is -1.66.